The summed E-state index contributed by atoms with van der Waals surface area (Å²) in [5.74, 6) is 0.462. The molecule has 19 heavy (non-hydrogen) atoms. The van der Waals surface area contributed by atoms with Crippen molar-refractivity contribution in [2.24, 2.45) is 0 Å². The normalized spacial score (nSPS) is 14.4. The van der Waals surface area contributed by atoms with E-state index in [0.29, 0.717) is 11.8 Å². The molecule has 0 aromatic carbocycles. The second kappa shape index (κ2) is 4.79. The highest BCUT2D eigenvalue weighted by molar-refractivity contribution is 6.41. The summed E-state index contributed by atoms with van der Waals surface area (Å²) in [6.45, 7) is 0. The Morgan fingerprint density at radius 2 is 2.16 bits per heavy atom. The molecule has 1 amide bonds. The summed E-state index contributed by atoms with van der Waals surface area (Å²) in [7, 11) is 0. The van der Waals surface area contributed by atoms with Gasteiger partial charge < -0.3 is 4.42 Å². The minimum Gasteiger partial charge on any atom is -0.408 e. The molecule has 1 saturated carbocycles. The lowest BCUT2D eigenvalue weighted by Crippen LogP contribution is -2.12. The number of halogens is 2. The van der Waals surface area contributed by atoms with Gasteiger partial charge in [-0.25, -0.2) is 4.98 Å². The maximum atomic E-state index is 11.9. The van der Waals surface area contributed by atoms with Crippen LogP contribution in [0.4, 0.5) is 6.01 Å². The van der Waals surface area contributed by atoms with E-state index in [1.807, 2.05) is 0 Å². The second-order valence-corrected chi connectivity index (χ2v) is 4.94. The van der Waals surface area contributed by atoms with Gasteiger partial charge in [-0.2, -0.15) is 0 Å². The minimum atomic E-state index is -0.433. The number of amides is 1. The molecule has 0 radical (unpaired) electrons. The average Bonchev–Trinajstić information content (AvgIpc) is 3.14. The summed E-state index contributed by atoms with van der Waals surface area (Å²) in [6, 6.07) is 1.49. The number of rotatable bonds is 3. The van der Waals surface area contributed by atoms with Crippen LogP contribution < -0.4 is 5.32 Å². The van der Waals surface area contributed by atoms with E-state index in [-0.39, 0.29) is 21.8 Å². The SMILES string of the molecule is O=C(Nc1nnc(C2CC2)o1)c1cnc(Cl)c(Cl)c1. The van der Waals surface area contributed by atoms with Gasteiger partial charge in [-0.1, -0.05) is 28.3 Å². The molecule has 8 heteroatoms. The van der Waals surface area contributed by atoms with Crippen molar-refractivity contribution < 1.29 is 9.21 Å². The number of hydrogen-bond donors (Lipinski definition) is 1. The van der Waals surface area contributed by atoms with E-state index in [1.54, 1.807) is 0 Å². The molecular weight excluding hydrogens is 291 g/mol. The molecule has 1 N–H and O–H groups in total. The van der Waals surface area contributed by atoms with Gasteiger partial charge in [0.25, 0.3) is 5.91 Å². The maximum Gasteiger partial charge on any atom is 0.322 e. The molecule has 0 saturated heterocycles. The third-order valence-electron chi connectivity index (χ3n) is 2.65. The van der Waals surface area contributed by atoms with Gasteiger partial charge in [0, 0.05) is 12.1 Å². The van der Waals surface area contributed by atoms with Crippen molar-refractivity contribution in [3.8, 4) is 0 Å². The van der Waals surface area contributed by atoms with Gasteiger partial charge in [-0.05, 0) is 18.9 Å². The fourth-order valence-electron chi connectivity index (χ4n) is 1.50. The molecule has 98 valence electrons. The molecule has 2 aromatic heterocycles. The molecule has 0 atom stereocenters. The number of anilines is 1. The van der Waals surface area contributed by atoms with E-state index < -0.39 is 5.91 Å². The van der Waals surface area contributed by atoms with Gasteiger partial charge in [0.15, 0.2) is 0 Å². The highest BCUT2D eigenvalue weighted by Gasteiger charge is 2.29. The fraction of sp³-hybridized carbons (Fsp3) is 0.273. The van der Waals surface area contributed by atoms with Crippen molar-refractivity contribution in [2.75, 3.05) is 5.32 Å². The molecule has 0 bridgehead atoms. The maximum absolute atomic E-state index is 11.9. The van der Waals surface area contributed by atoms with Crippen molar-refractivity contribution >= 4 is 35.1 Å². The first kappa shape index (κ1) is 12.4. The quantitative estimate of drug-likeness (QED) is 0.881. The Kier molecular flexibility index (Phi) is 3.12. The van der Waals surface area contributed by atoms with Crippen LogP contribution in [0.2, 0.25) is 10.2 Å². The number of carbonyl (C=O) groups excluding carboxylic acids is 1. The van der Waals surface area contributed by atoms with Gasteiger partial charge in [0.05, 0.1) is 10.6 Å². The van der Waals surface area contributed by atoms with E-state index in [9.17, 15) is 4.79 Å². The first-order valence-electron chi connectivity index (χ1n) is 5.59. The van der Waals surface area contributed by atoms with E-state index in [0.717, 1.165) is 12.8 Å². The van der Waals surface area contributed by atoms with Gasteiger partial charge in [-0.3, -0.25) is 10.1 Å². The summed E-state index contributed by atoms with van der Waals surface area (Å²) in [5.41, 5.74) is 0.264. The molecular formula is C11H8Cl2N4O2. The monoisotopic (exact) mass is 298 g/mol. The first-order valence-corrected chi connectivity index (χ1v) is 6.35. The summed E-state index contributed by atoms with van der Waals surface area (Å²) in [6.07, 6.45) is 3.42. The average molecular weight is 299 g/mol. The van der Waals surface area contributed by atoms with Crippen LogP contribution in [-0.2, 0) is 0 Å². The third kappa shape index (κ3) is 2.69. The summed E-state index contributed by atoms with van der Waals surface area (Å²) in [4.78, 5) is 15.7. The van der Waals surface area contributed by atoms with E-state index in [2.05, 4.69) is 20.5 Å². The van der Waals surface area contributed by atoms with Crippen LogP contribution in [0.25, 0.3) is 0 Å². The van der Waals surface area contributed by atoms with Gasteiger partial charge in [0.2, 0.25) is 5.89 Å². The Morgan fingerprint density at radius 1 is 1.37 bits per heavy atom. The van der Waals surface area contributed by atoms with E-state index in [4.69, 9.17) is 27.6 Å². The zero-order chi connectivity index (χ0) is 13.4. The Balaban J connectivity index is 1.74. The van der Waals surface area contributed by atoms with Crippen molar-refractivity contribution in [3.63, 3.8) is 0 Å². The zero-order valence-electron chi connectivity index (χ0n) is 9.56. The van der Waals surface area contributed by atoms with E-state index >= 15 is 0 Å². The van der Waals surface area contributed by atoms with Crippen molar-refractivity contribution in [3.05, 3.63) is 33.9 Å². The van der Waals surface area contributed by atoms with Crippen LogP contribution in [-0.4, -0.2) is 21.1 Å². The van der Waals surface area contributed by atoms with Gasteiger partial charge in [0.1, 0.15) is 5.15 Å². The fourth-order valence-corrected chi connectivity index (χ4v) is 1.76. The van der Waals surface area contributed by atoms with Crippen LogP contribution in [0.1, 0.15) is 35.0 Å². The summed E-state index contributed by atoms with van der Waals surface area (Å²) >= 11 is 11.5. The Hall–Kier alpha value is -1.66. The number of hydrogen-bond acceptors (Lipinski definition) is 5. The number of nitrogens with one attached hydrogen (secondary N) is 1. The van der Waals surface area contributed by atoms with Crippen LogP contribution in [0.3, 0.4) is 0 Å². The number of carbonyl (C=O) groups is 1. The molecule has 0 aliphatic heterocycles. The first-order chi connectivity index (χ1) is 9.13. The molecule has 6 nitrogen and oxygen atoms in total. The summed E-state index contributed by atoms with van der Waals surface area (Å²) in [5, 5.41) is 10.5. The van der Waals surface area contributed by atoms with Crippen molar-refractivity contribution in [1.29, 1.82) is 0 Å². The lowest BCUT2D eigenvalue weighted by Gasteiger charge is -2.01. The molecule has 3 rings (SSSR count). The highest BCUT2D eigenvalue weighted by Crippen LogP contribution is 2.39. The molecule has 0 spiro atoms. The molecule has 0 unspecified atom stereocenters. The largest absolute Gasteiger partial charge is 0.408 e. The van der Waals surface area contributed by atoms with Crippen LogP contribution in [0, 0.1) is 0 Å². The number of aromatic nitrogens is 3. The topological polar surface area (TPSA) is 80.9 Å². The van der Waals surface area contributed by atoms with Crippen molar-refractivity contribution in [2.45, 2.75) is 18.8 Å². The summed E-state index contributed by atoms with van der Waals surface area (Å²) < 4.78 is 5.32. The Morgan fingerprint density at radius 3 is 2.84 bits per heavy atom. The number of pyridine rings is 1. The molecule has 1 aliphatic rings. The molecule has 2 aromatic rings. The predicted molar refractivity (Wildman–Crippen MR) is 68.5 cm³/mol. The highest BCUT2D eigenvalue weighted by atomic mass is 35.5. The Labute approximate surface area is 118 Å². The molecule has 1 fully saturated rings. The lowest BCUT2D eigenvalue weighted by molar-refractivity contribution is 0.102. The molecule has 1 aliphatic carbocycles. The second-order valence-electron chi connectivity index (χ2n) is 4.17. The third-order valence-corrected chi connectivity index (χ3v) is 3.33. The standard InChI is InChI=1S/C11H8Cl2N4O2/c12-7-3-6(4-14-8(7)13)9(18)15-11-17-16-10(19-11)5-1-2-5/h3-5H,1-2H2,(H,15,17,18). The smallest absolute Gasteiger partial charge is 0.322 e. The zero-order valence-corrected chi connectivity index (χ0v) is 11.1. The van der Waals surface area contributed by atoms with Crippen LogP contribution in [0.15, 0.2) is 16.7 Å². The van der Waals surface area contributed by atoms with Gasteiger partial charge >= 0.3 is 6.01 Å². The lowest BCUT2D eigenvalue weighted by atomic mass is 10.3. The minimum absolute atomic E-state index is 0.0676. The Bertz CT molecular complexity index is 639. The van der Waals surface area contributed by atoms with Crippen LogP contribution in [0.5, 0.6) is 0 Å². The van der Waals surface area contributed by atoms with Gasteiger partial charge in [-0.15, -0.1) is 5.10 Å². The number of nitrogens with zero attached hydrogens (tertiary/aromatic N) is 3. The van der Waals surface area contributed by atoms with E-state index in [1.165, 1.54) is 12.3 Å². The van der Waals surface area contributed by atoms with Crippen LogP contribution >= 0.6 is 23.2 Å². The molecule has 2 heterocycles. The van der Waals surface area contributed by atoms with Crippen molar-refractivity contribution in [1.82, 2.24) is 15.2 Å². The predicted octanol–water partition coefficient (Wildman–Crippen LogP) is 2.90.